The van der Waals surface area contributed by atoms with Crippen LogP contribution in [0.25, 0.3) is 22.3 Å². The average Bonchev–Trinajstić information content (AvgIpc) is 2.92. The summed E-state index contributed by atoms with van der Waals surface area (Å²) in [5.41, 5.74) is 11.1. The fourth-order valence-electron chi connectivity index (χ4n) is 4.15. The highest BCUT2D eigenvalue weighted by Gasteiger charge is 2.21. The lowest BCUT2D eigenvalue weighted by Crippen LogP contribution is -2.03. The van der Waals surface area contributed by atoms with Crippen LogP contribution in [0.4, 0.5) is 0 Å². The molecule has 0 amide bonds. The molecule has 0 spiro atoms. The topological polar surface area (TPSA) is 12.4 Å². The molecule has 1 aliphatic heterocycles. The maximum Gasteiger partial charge on any atom is 0.0729 e. The van der Waals surface area contributed by atoms with Crippen LogP contribution in [0.15, 0.2) is 102 Å². The Kier molecular flexibility index (Phi) is 4.14. The Morgan fingerprint density at radius 2 is 1.11 bits per heavy atom. The maximum atomic E-state index is 5.11. The van der Waals surface area contributed by atoms with E-state index in [1.165, 1.54) is 44.5 Å². The van der Waals surface area contributed by atoms with Crippen molar-refractivity contribution >= 4 is 5.71 Å². The molecule has 4 aromatic rings. The van der Waals surface area contributed by atoms with Gasteiger partial charge in [0.25, 0.3) is 0 Å². The fourth-order valence-corrected chi connectivity index (χ4v) is 4.15. The standard InChI is InChI=1S/C27H21N/c1-19-10-5-6-13-21(19)22-16-9-17-24-23-14-7-8-15-25(23)27(28-18-26(22)24)20-11-3-2-4-12-20/h2-17H,18H2,1H3. The van der Waals surface area contributed by atoms with Crippen LogP contribution >= 0.6 is 0 Å². The molecule has 0 bridgehead atoms. The molecule has 28 heavy (non-hydrogen) atoms. The lowest BCUT2D eigenvalue weighted by molar-refractivity contribution is 1.08. The van der Waals surface area contributed by atoms with E-state index in [2.05, 4.69) is 104 Å². The first-order valence-corrected chi connectivity index (χ1v) is 9.70. The minimum Gasteiger partial charge on any atom is -0.279 e. The molecule has 0 atom stereocenters. The Labute approximate surface area is 166 Å². The van der Waals surface area contributed by atoms with Crippen molar-refractivity contribution in [2.75, 3.05) is 0 Å². The minimum absolute atomic E-state index is 0.679. The molecule has 0 aromatic heterocycles. The van der Waals surface area contributed by atoms with E-state index in [0.29, 0.717) is 6.54 Å². The molecule has 1 nitrogen and oxygen atoms in total. The van der Waals surface area contributed by atoms with Crippen LogP contribution in [0.5, 0.6) is 0 Å². The summed E-state index contributed by atoms with van der Waals surface area (Å²) in [5, 5.41) is 0. The molecule has 0 fully saturated rings. The van der Waals surface area contributed by atoms with Gasteiger partial charge in [0.05, 0.1) is 12.3 Å². The molecular weight excluding hydrogens is 338 g/mol. The molecule has 0 saturated carbocycles. The second kappa shape index (κ2) is 6.94. The number of rotatable bonds is 2. The summed E-state index contributed by atoms with van der Waals surface area (Å²) in [4.78, 5) is 5.11. The predicted molar refractivity (Wildman–Crippen MR) is 118 cm³/mol. The van der Waals surface area contributed by atoms with Crippen LogP contribution in [0.2, 0.25) is 0 Å². The first-order chi connectivity index (χ1) is 13.8. The number of hydrogen-bond donors (Lipinski definition) is 0. The van der Waals surface area contributed by atoms with Crippen molar-refractivity contribution in [1.29, 1.82) is 0 Å². The Bertz CT molecular complexity index is 1190. The van der Waals surface area contributed by atoms with Gasteiger partial charge in [0.2, 0.25) is 0 Å². The number of benzene rings is 4. The zero-order valence-electron chi connectivity index (χ0n) is 15.9. The van der Waals surface area contributed by atoms with Crippen molar-refractivity contribution in [3.63, 3.8) is 0 Å². The average molecular weight is 359 g/mol. The van der Waals surface area contributed by atoms with E-state index >= 15 is 0 Å². The molecule has 0 N–H and O–H groups in total. The highest BCUT2D eigenvalue weighted by atomic mass is 14.7. The summed E-state index contributed by atoms with van der Waals surface area (Å²) < 4.78 is 0. The molecule has 134 valence electrons. The van der Waals surface area contributed by atoms with Gasteiger partial charge < -0.3 is 0 Å². The largest absolute Gasteiger partial charge is 0.279 e. The summed E-state index contributed by atoms with van der Waals surface area (Å²) in [6.45, 7) is 2.86. The first-order valence-electron chi connectivity index (χ1n) is 9.70. The van der Waals surface area contributed by atoms with Gasteiger partial charge >= 0.3 is 0 Å². The van der Waals surface area contributed by atoms with E-state index in [1.54, 1.807) is 0 Å². The van der Waals surface area contributed by atoms with Gasteiger partial charge in [-0.3, -0.25) is 4.99 Å². The van der Waals surface area contributed by atoms with Crippen LogP contribution in [-0.2, 0) is 6.54 Å². The van der Waals surface area contributed by atoms with Gasteiger partial charge in [-0.2, -0.15) is 0 Å². The highest BCUT2D eigenvalue weighted by molar-refractivity contribution is 6.17. The summed E-state index contributed by atoms with van der Waals surface area (Å²) >= 11 is 0. The van der Waals surface area contributed by atoms with Gasteiger partial charge in [-0.1, -0.05) is 97.1 Å². The molecule has 4 aromatic carbocycles. The lowest BCUT2D eigenvalue weighted by atomic mass is 9.88. The molecule has 0 radical (unpaired) electrons. The third-order valence-electron chi connectivity index (χ3n) is 5.53. The summed E-state index contributed by atoms with van der Waals surface area (Å²) in [5.74, 6) is 0. The van der Waals surface area contributed by atoms with Gasteiger partial charge in [-0.05, 0) is 40.3 Å². The summed E-state index contributed by atoms with van der Waals surface area (Å²) in [6.07, 6.45) is 0. The Balaban J connectivity index is 1.78. The Morgan fingerprint density at radius 3 is 1.86 bits per heavy atom. The van der Waals surface area contributed by atoms with Crippen LogP contribution in [0.3, 0.4) is 0 Å². The number of hydrogen-bond acceptors (Lipinski definition) is 1. The Morgan fingerprint density at radius 1 is 0.536 bits per heavy atom. The molecule has 1 heterocycles. The van der Waals surface area contributed by atoms with Crippen LogP contribution < -0.4 is 0 Å². The van der Waals surface area contributed by atoms with Gasteiger partial charge in [0, 0.05) is 11.1 Å². The van der Waals surface area contributed by atoms with E-state index in [9.17, 15) is 0 Å². The summed E-state index contributed by atoms with van der Waals surface area (Å²) in [6, 6.07) is 34.4. The van der Waals surface area contributed by atoms with Gasteiger partial charge in [-0.15, -0.1) is 0 Å². The van der Waals surface area contributed by atoms with Crippen LogP contribution in [-0.4, -0.2) is 5.71 Å². The van der Waals surface area contributed by atoms with E-state index in [0.717, 1.165) is 5.71 Å². The molecule has 5 rings (SSSR count). The quantitative estimate of drug-likeness (QED) is 0.378. The number of nitrogens with zero attached hydrogens (tertiary/aromatic N) is 1. The fraction of sp³-hybridized carbons (Fsp3) is 0.0741. The third-order valence-corrected chi connectivity index (χ3v) is 5.53. The van der Waals surface area contributed by atoms with Crippen molar-refractivity contribution in [2.24, 2.45) is 4.99 Å². The van der Waals surface area contributed by atoms with E-state index in [4.69, 9.17) is 4.99 Å². The first kappa shape index (κ1) is 16.7. The van der Waals surface area contributed by atoms with Crippen molar-refractivity contribution < 1.29 is 0 Å². The van der Waals surface area contributed by atoms with Gasteiger partial charge in [0.1, 0.15) is 0 Å². The predicted octanol–water partition coefficient (Wildman–Crippen LogP) is 6.68. The third kappa shape index (κ3) is 2.76. The number of aliphatic imine (C=N–C) groups is 1. The van der Waals surface area contributed by atoms with Crippen molar-refractivity contribution in [2.45, 2.75) is 13.5 Å². The summed E-state index contributed by atoms with van der Waals surface area (Å²) in [7, 11) is 0. The van der Waals surface area contributed by atoms with Gasteiger partial charge in [0.15, 0.2) is 0 Å². The van der Waals surface area contributed by atoms with Crippen molar-refractivity contribution in [3.05, 3.63) is 119 Å². The van der Waals surface area contributed by atoms with Crippen LogP contribution in [0.1, 0.15) is 22.3 Å². The Hall–Kier alpha value is -3.45. The normalized spacial score (nSPS) is 12.5. The zero-order chi connectivity index (χ0) is 18.9. The van der Waals surface area contributed by atoms with E-state index < -0.39 is 0 Å². The molecular formula is C27H21N. The van der Waals surface area contributed by atoms with Gasteiger partial charge in [-0.25, -0.2) is 0 Å². The maximum absolute atomic E-state index is 5.11. The van der Waals surface area contributed by atoms with E-state index in [-0.39, 0.29) is 0 Å². The smallest absolute Gasteiger partial charge is 0.0729 e. The minimum atomic E-state index is 0.679. The molecule has 1 aliphatic rings. The second-order valence-electron chi connectivity index (χ2n) is 7.22. The number of aryl methyl sites for hydroxylation is 1. The second-order valence-corrected chi connectivity index (χ2v) is 7.22. The lowest BCUT2D eigenvalue weighted by Gasteiger charge is -2.15. The molecule has 0 unspecified atom stereocenters. The monoisotopic (exact) mass is 359 g/mol. The SMILES string of the molecule is Cc1ccccc1-c1cccc2c1CN=C(c1ccccc1)c1ccccc1-2. The number of fused-ring (bicyclic) bond motifs is 3. The van der Waals surface area contributed by atoms with Crippen molar-refractivity contribution in [3.8, 4) is 22.3 Å². The molecule has 1 heteroatoms. The zero-order valence-corrected chi connectivity index (χ0v) is 15.9. The molecule has 0 saturated heterocycles. The van der Waals surface area contributed by atoms with Crippen molar-refractivity contribution in [1.82, 2.24) is 0 Å². The van der Waals surface area contributed by atoms with E-state index in [1.807, 2.05) is 0 Å². The van der Waals surface area contributed by atoms with Crippen LogP contribution in [0, 0.1) is 6.92 Å². The highest BCUT2D eigenvalue weighted by Crippen LogP contribution is 2.38. The molecule has 0 aliphatic carbocycles.